The minimum atomic E-state index is -0.479. The quantitative estimate of drug-likeness (QED) is 0.560. The Bertz CT molecular complexity index is 381. The average molecular weight is 236 g/mol. The van der Waals surface area contributed by atoms with Gasteiger partial charge >= 0.3 is 5.97 Å². The summed E-state index contributed by atoms with van der Waals surface area (Å²) in [6.45, 7) is 1.90. The summed E-state index contributed by atoms with van der Waals surface area (Å²) in [5, 5.41) is 0. The molecule has 92 valence electrons. The number of ketones is 1. The molecule has 0 saturated heterocycles. The van der Waals surface area contributed by atoms with E-state index in [2.05, 4.69) is 0 Å². The number of methoxy groups -OCH3 is 1. The fraction of sp³-hybridized carbons (Fsp3) is 0.385. The van der Waals surface area contributed by atoms with Crippen molar-refractivity contribution in [1.29, 1.82) is 0 Å². The Morgan fingerprint density at radius 3 is 2.35 bits per heavy atom. The Morgan fingerprint density at radius 2 is 1.82 bits per heavy atom. The molecular formula is C13H16O4. The van der Waals surface area contributed by atoms with Crippen LogP contribution < -0.4 is 4.74 Å². The van der Waals surface area contributed by atoms with E-state index in [9.17, 15) is 9.59 Å². The Labute approximate surface area is 101 Å². The van der Waals surface area contributed by atoms with Crippen molar-refractivity contribution in [2.45, 2.75) is 26.4 Å². The van der Waals surface area contributed by atoms with Crippen LogP contribution >= 0.6 is 0 Å². The highest BCUT2D eigenvalue weighted by Gasteiger charge is 2.08. The summed E-state index contributed by atoms with van der Waals surface area (Å²) in [4.78, 5) is 22.2. The normalized spacial score (nSPS) is 9.76. The fourth-order valence-electron chi connectivity index (χ4n) is 1.22. The average Bonchev–Trinajstić information content (AvgIpc) is 2.36. The van der Waals surface area contributed by atoms with Crippen molar-refractivity contribution in [2.24, 2.45) is 0 Å². The number of Topliss-reactive ketones (excluding diaryl/α,β-unsaturated/α-hetero) is 1. The number of rotatable bonds is 6. The first-order valence-corrected chi connectivity index (χ1v) is 5.46. The summed E-state index contributed by atoms with van der Waals surface area (Å²) < 4.78 is 9.98. The van der Waals surface area contributed by atoms with Gasteiger partial charge in [-0.15, -0.1) is 0 Å². The largest absolute Gasteiger partial charge is 0.497 e. The summed E-state index contributed by atoms with van der Waals surface area (Å²) >= 11 is 0. The second-order valence-electron chi connectivity index (χ2n) is 3.58. The first kappa shape index (κ1) is 13.2. The molecule has 0 bridgehead atoms. The summed E-state index contributed by atoms with van der Waals surface area (Å²) in [5.74, 6) is 0.165. The van der Waals surface area contributed by atoms with Gasteiger partial charge < -0.3 is 9.47 Å². The maximum atomic E-state index is 11.2. The minimum Gasteiger partial charge on any atom is -0.497 e. The molecule has 4 nitrogen and oxygen atoms in total. The molecule has 4 heteroatoms. The van der Waals surface area contributed by atoms with Gasteiger partial charge in [-0.1, -0.05) is 19.1 Å². The van der Waals surface area contributed by atoms with E-state index in [0.29, 0.717) is 6.42 Å². The van der Waals surface area contributed by atoms with E-state index in [0.717, 1.165) is 11.3 Å². The predicted molar refractivity (Wildman–Crippen MR) is 62.7 cm³/mol. The standard InChI is InChI=1S/C13H16O4/c1-3-11(14)8-13(15)17-9-10-4-6-12(16-2)7-5-10/h4-7H,3,8-9H2,1-2H3. The zero-order chi connectivity index (χ0) is 12.7. The van der Waals surface area contributed by atoms with Gasteiger partial charge in [-0.3, -0.25) is 9.59 Å². The lowest BCUT2D eigenvalue weighted by atomic mass is 10.2. The number of hydrogen-bond acceptors (Lipinski definition) is 4. The summed E-state index contributed by atoms with van der Waals surface area (Å²) in [7, 11) is 1.59. The number of benzene rings is 1. The van der Waals surface area contributed by atoms with Crippen LogP contribution in [0.2, 0.25) is 0 Å². The van der Waals surface area contributed by atoms with Gasteiger partial charge in [0.15, 0.2) is 0 Å². The van der Waals surface area contributed by atoms with E-state index < -0.39 is 5.97 Å². The van der Waals surface area contributed by atoms with Crippen LogP contribution in [0.5, 0.6) is 5.75 Å². The van der Waals surface area contributed by atoms with E-state index in [4.69, 9.17) is 9.47 Å². The summed E-state index contributed by atoms with van der Waals surface area (Å²) in [6.07, 6.45) is 0.213. The molecule has 0 saturated carbocycles. The van der Waals surface area contributed by atoms with Crippen LogP contribution in [0, 0.1) is 0 Å². The zero-order valence-corrected chi connectivity index (χ0v) is 10.1. The van der Waals surface area contributed by atoms with Crippen molar-refractivity contribution in [3.63, 3.8) is 0 Å². The SMILES string of the molecule is CCC(=O)CC(=O)OCc1ccc(OC)cc1. The molecule has 0 amide bonds. The molecular weight excluding hydrogens is 220 g/mol. The summed E-state index contributed by atoms with van der Waals surface area (Å²) in [5.41, 5.74) is 0.864. The number of carbonyl (C=O) groups excluding carboxylic acids is 2. The molecule has 0 unspecified atom stereocenters. The monoisotopic (exact) mass is 236 g/mol. The third kappa shape index (κ3) is 4.68. The van der Waals surface area contributed by atoms with Crippen LogP contribution in [0.1, 0.15) is 25.3 Å². The van der Waals surface area contributed by atoms with E-state index in [1.807, 2.05) is 12.1 Å². The molecule has 0 heterocycles. The van der Waals surface area contributed by atoms with Crippen LogP contribution in [-0.2, 0) is 20.9 Å². The Kier molecular flexibility index (Phi) is 5.20. The topological polar surface area (TPSA) is 52.6 Å². The molecule has 0 radical (unpaired) electrons. The van der Waals surface area contributed by atoms with Gasteiger partial charge in [0, 0.05) is 6.42 Å². The third-order valence-electron chi connectivity index (χ3n) is 2.29. The molecule has 0 fully saturated rings. The lowest BCUT2D eigenvalue weighted by Gasteiger charge is -2.05. The van der Waals surface area contributed by atoms with Crippen LogP contribution in [0.15, 0.2) is 24.3 Å². The van der Waals surface area contributed by atoms with Crippen molar-refractivity contribution in [1.82, 2.24) is 0 Å². The highest BCUT2D eigenvalue weighted by molar-refractivity contribution is 5.95. The molecule has 0 atom stereocenters. The van der Waals surface area contributed by atoms with Crippen LogP contribution in [0.4, 0.5) is 0 Å². The third-order valence-corrected chi connectivity index (χ3v) is 2.29. The van der Waals surface area contributed by atoms with Crippen molar-refractivity contribution < 1.29 is 19.1 Å². The van der Waals surface area contributed by atoms with Crippen LogP contribution in [0.25, 0.3) is 0 Å². The van der Waals surface area contributed by atoms with E-state index >= 15 is 0 Å². The van der Waals surface area contributed by atoms with Crippen LogP contribution in [-0.4, -0.2) is 18.9 Å². The van der Waals surface area contributed by atoms with Gasteiger partial charge in [0.05, 0.1) is 7.11 Å². The molecule has 0 aromatic heterocycles. The van der Waals surface area contributed by atoms with Crippen molar-refractivity contribution in [3.05, 3.63) is 29.8 Å². The van der Waals surface area contributed by atoms with Crippen LogP contribution in [0.3, 0.4) is 0 Å². The molecule has 0 N–H and O–H groups in total. The van der Waals surface area contributed by atoms with Crippen molar-refractivity contribution in [2.75, 3.05) is 7.11 Å². The maximum absolute atomic E-state index is 11.2. The molecule has 0 aliphatic rings. The van der Waals surface area contributed by atoms with Gasteiger partial charge in [-0.05, 0) is 17.7 Å². The lowest BCUT2D eigenvalue weighted by molar-refractivity contribution is -0.147. The molecule has 0 aliphatic carbocycles. The summed E-state index contributed by atoms with van der Waals surface area (Å²) in [6, 6.07) is 7.21. The number of carbonyl (C=O) groups is 2. The Morgan fingerprint density at radius 1 is 1.18 bits per heavy atom. The second kappa shape index (κ2) is 6.68. The van der Waals surface area contributed by atoms with Gasteiger partial charge in [-0.25, -0.2) is 0 Å². The molecule has 1 aromatic carbocycles. The van der Waals surface area contributed by atoms with Gasteiger partial charge in [0.25, 0.3) is 0 Å². The molecule has 1 rings (SSSR count). The Hall–Kier alpha value is -1.84. The number of hydrogen-bond donors (Lipinski definition) is 0. The molecule has 17 heavy (non-hydrogen) atoms. The molecule has 0 aliphatic heterocycles. The number of esters is 1. The predicted octanol–water partition coefficient (Wildman–Crippen LogP) is 2.11. The van der Waals surface area contributed by atoms with E-state index in [1.165, 1.54) is 0 Å². The van der Waals surface area contributed by atoms with E-state index in [1.54, 1.807) is 26.2 Å². The van der Waals surface area contributed by atoms with Gasteiger partial charge in [-0.2, -0.15) is 0 Å². The number of ether oxygens (including phenoxy) is 2. The Balaban J connectivity index is 2.39. The fourth-order valence-corrected chi connectivity index (χ4v) is 1.22. The first-order valence-electron chi connectivity index (χ1n) is 5.46. The first-order chi connectivity index (χ1) is 8.15. The van der Waals surface area contributed by atoms with Crippen molar-refractivity contribution in [3.8, 4) is 5.75 Å². The zero-order valence-electron chi connectivity index (χ0n) is 10.1. The van der Waals surface area contributed by atoms with E-state index in [-0.39, 0.29) is 18.8 Å². The highest BCUT2D eigenvalue weighted by atomic mass is 16.5. The molecule has 1 aromatic rings. The molecule has 0 spiro atoms. The second-order valence-corrected chi connectivity index (χ2v) is 3.58. The van der Waals surface area contributed by atoms with Gasteiger partial charge in [0.2, 0.25) is 0 Å². The maximum Gasteiger partial charge on any atom is 0.313 e. The lowest BCUT2D eigenvalue weighted by Crippen LogP contribution is -2.10. The highest BCUT2D eigenvalue weighted by Crippen LogP contribution is 2.12. The smallest absolute Gasteiger partial charge is 0.313 e. The minimum absolute atomic E-state index is 0.107. The van der Waals surface area contributed by atoms with Gasteiger partial charge in [0.1, 0.15) is 24.6 Å². The van der Waals surface area contributed by atoms with Crippen molar-refractivity contribution >= 4 is 11.8 Å².